The zero-order valence-corrected chi connectivity index (χ0v) is 17.2. The minimum Gasteiger partial charge on any atom is -0.346 e. The number of alkyl halides is 2. The summed E-state index contributed by atoms with van der Waals surface area (Å²) in [5.74, 6) is -3.24. The topological polar surface area (TPSA) is 69.3 Å². The number of piperidine rings is 1. The highest BCUT2D eigenvalue weighted by Crippen LogP contribution is 2.35. The van der Waals surface area contributed by atoms with Gasteiger partial charge >= 0.3 is 11.8 Å². The third-order valence-corrected chi connectivity index (χ3v) is 6.00. The lowest BCUT2D eigenvalue weighted by molar-refractivity contribution is -0.155. The van der Waals surface area contributed by atoms with Gasteiger partial charge in [-0.3, -0.25) is 9.59 Å². The van der Waals surface area contributed by atoms with Gasteiger partial charge in [-0.15, -0.1) is 0 Å². The number of amides is 2. The SMILES string of the molecule is Cc1ccc(-c2c[nH]c([C@@H]3C[C@H](C)CN3C(=O)C(=O)N3CCC(F)(F)CC3)n2)cc1. The first kappa shape index (κ1) is 20.5. The van der Waals surface area contributed by atoms with Crippen molar-refractivity contribution in [2.75, 3.05) is 19.6 Å². The zero-order chi connectivity index (χ0) is 21.5. The van der Waals surface area contributed by atoms with E-state index < -0.39 is 30.6 Å². The summed E-state index contributed by atoms with van der Waals surface area (Å²) >= 11 is 0. The molecule has 0 spiro atoms. The molecule has 6 nitrogen and oxygen atoms in total. The first-order valence-corrected chi connectivity index (χ1v) is 10.3. The Bertz CT molecular complexity index is 931. The molecule has 0 radical (unpaired) electrons. The third-order valence-electron chi connectivity index (χ3n) is 6.00. The van der Waals surface area contributed by atoms with Crippen molar-refractivity contribution in [2.24, 2.45) is 5.92 Å². The van der Waals surface area contributed by atoms with E-state index >= 15 is 0 Å². The van der Waals surface area contributed by atoms with Gasteiger partial charge in [0.1, 0.15) is 5.82 Å². The van der Waals surface area contributed by atoms with Crippen molar-refractivity contribution in [1.82, 2.24) is 19.8 Å². The lowest BCUT2D eigenvalue weighted by Crippen LogP contribution is -2.49. The first-order valence-electron chi connectivity index (χ1n) is 10.3. The number of aromatic amines is 1. The van der Waals surface area contributed by atoms with Gasteiger partial charge in [0.2, 0.25) is 0 Å². The Morgan fingerprint density at radius 2 is 1.80 bits per heavy atom. The van der Waals surface area contributed by atoms with E-state index in [9.17, 15) is 18.4 Å². The number of hydrogen-bond donors (Lipinski definition) is 1. The number of carbonyl (C=O) groups excluding carboxylic acids is 2. The van der Waals surface area contributed by atoms with E-state index in [2.05, 4.69) is 9.97 Å². The summed E-state index contributed by atoms with van der Waals surface area (Å²) in [6, 6.07) is 7.67. The van der Waals surface area contributed by atoms with Gasteiger partial charge in [-0.2, -0.15) is 0 Å². The quantitative estimate of drug-likeness (QED) is 0.762. The minimum atomic E-state index is -2.76. The van der Waals surface area contributed by atoms with Gasteiger partial charge in [0, 0.05) is 44.2 Å². The number of benzene rings is 1. The van der Waals surface area contributed by atoms with Crippen LogP contribution in [-0.4, -0.2) is 57.1 Å². The average Bonchev–Trinajstić information content (AvgIpc) is 3.34. The lowest BCUT2D eigenvalue weighted by atomic mass is 10.1. The molecule has 2 amide bonds. The van der Waals surface area contributed by atoms with Crippen LogP contribution in [0.2, 0.25) is 0 Å². The largest absolute Gasteiger partial charge is 0.346 e. The van der Waals surface area contributed by atoms with Crippen molar-refractivity contribution in [2.45, 2.75) is 45.1 Å². The number of halogens is 2. The molecule has 2 aliphatic rings. The van der Waals surface area contributed by atoms with Crippen LogP contribution in [0.5, 0.6) is 0 Å². The average molecular weight is 416 g/mol. The molecule has 0 bridgehead atoms. The number of carbonyl (C=O) groups is 2. The maximum absolute atomic E-state index is 13.4. The molecule has 0 unspecified atom stereocenters. The normalized spacial score (nSPS) is 23.6. The molecule has 1 aromatic carbocycles. The number of hydrogen-bond acceptors (Lipinski definition) is 3. The third kappa shape index (κ3) is 4.08. The van der Waals surface area contributed by atoms with Crippen LogP contribution in [-0.2, 0) is 9.59 Å². The molecule has 2 atom stereocenters. The smallest absolute Gasteiger partial charge is 0.312 e. The Labute approximate surface area is 174 Å². The van der Waals surface area contributed by atoms with Crippen LogP contribution in [0.25, 0.3) is 11.3 Å². The summed E-state index contributed by atoms with van der Waals surface area (Å²) in [6.07, 6.45) is 1.70. The summed E-state index contributed by atoms with van der Waals surface area (Å²) in [4.78, 5) is 36.3. The molecule has 3 heterocycles. The Hall–Kier alpha value is -2.77. The minimum absolute atomic E-state index is 0.0933. The molecule has 30 heavy (non-hydrogen) atoms. The molecule has 2 fully saturated rings. The van der Waals surface area contributed by atoms with Gasteiger partial charge in [0.15, 0.2) is 0 Å². The number of H-pyrrole nitrogens is 1. The van der Waals surface area contributed by atoms with Gasteiger partial charge in [0.25, 0.3) is 5.92 Å². The van der Waals surface area contributed by atoms with Crippen LogP contribution < -0.4 is 0 Å². The van der Waals surface area contributed by atoms with Gasteiger partial charge in [-0.1, -0.05) is 36.8 Å². The van der Waals surface area contributed by atoms with Crippen molar-refractivity contribution in [3.8, 4) is 11.3 Å². The predicted molar refractivity (Wildman–Crippen MR) is 108 cm³/mol. The standard InChI is InChI=1S/C22H26F2N4O2/c1-14-3-5-16(6-4-14)17-12-25-19(26-17)18-11-15(2)13-28(18)21(30)20(29)27-9-7-22(23,24)8-10-27/h3-6,12,15,18H,7-11,13H2,1-2H3,(H,25,26)/t15-,18-/m0/s1. The van der Waals surface area contributed by atoms with E-state index in [-0.39, 0.29) is 25.0 Å². The molecule has 160 valence electrons. The monoisotopic (exact) mass is 416 g/mol. The van der Waals surface area contributed by atoms with Crippen LogP contribution in [0, 0.1) is 12.8 Å². The van der Waals surface area contributed by atoms with E-state index in [0.717, 1.165) is 16.8 Å². The molecule has 4 rings (SSSR count). The van der Waals surface area contributed by atoms with Gasteiger partial charge in [0.05, 0.1) is 11.7 Å². The molecular weight excluding hydrogens is 390 g/mol. The van der Waals surface area contributed by atoms with Crippen LogP contribution in [0.4, 0.5) is 8.78 Å². The van der Waals surface area contributed by atoms with Crippen molar-refractivity contribution < 1.29 is 18.4 Å². The van der Waals surface area contributed by atoms with E-state index in [1.54, 1.807) is 6.20 Å². The predicted octanol–water partition coefficient (Wildman–Crippen LogP) is 3.55. The molecule has 8 heteroatoms. The number of nitrogens with zero attached hydrogens (tertiary/aromatic N) is 3. The molecule has 0 aliphatic carbocycles. The summed E-state index contributed by atoms with van der Waals surface area (Å²) < 4.78 is 26.8. The van der Waals surface area contributed by atoms with Crippen molar-refractivity contribution in [3.05, 3.63) is 41.9 Å². The summed E-state index contributed by atoms with van der Waals surface area (Å²) in [7, 11) is 0. The van der Waals surface area contributed by atoms with Crippen LogP contribution in [0.3, 0.4) is 0 Å². The maximum Gasteiger partial charge on any atom is 0.312 e. The second-order valence-corrected chi connectivity index (χ2v) is 8.50. The van der Waals surface area contributed by atoms with Crippen molar-refractivity contribution >= 4 is 11.8 Å². The molecule has 0 saturated carbocycles. The van der Waals surface area contributed by atoms with E-state index in [0.29, 0.717) is 18.8 Å². The molecule has 2 saturated heterocycles. The number of nitrogens with one attached hydrogen (secondary N) is 1. The molecule has 1 N–H and O–H groups in total. The number of likely N-dealkylation sites (tertiary alicyclic amines) is 2. The van der Waals surface area contributed by atoms with Crippen LogP contribution in [0.1, 0.15) is 43.6 Å². The highest BCUT2D eigenvalue weighted by atomic mass is 19.3. The summed E-state index contributed by atoms with van der Waals surface area (Å²) in [5.41, 5.74) is 2.91. The van der Waals surface area contributed by atoms with Crippen LogP contribution in [0.15, 0.2) is 30.5 Å². The van der Waals surface area contributed by atoms with Gasteiger partial charge in [-0.25, -0.2) is 13.8 Å². The van der Waals surface area contributed by atoms with Gasteiger partial charge in [-0.05, 0) is 19.3 Å². The Kier molecular flexibility index (Phi) is 5.34. The fourth-order valence-electron chi connectivity index (χ4n) is 4.20. The Morgan fingerprint density at radius 1 is 1.13 bits per heavy atom. The second kappa shape index (κ2) is 7.81. The lowest BCUT2D eigenvalue weighted by Gasteiger charge is -2.33. The molecule has 2 aromatic rings. The summed E-state index contributed by atoms with van der Waals surface area (Å²) in [5, 5.41) is 0. The molecule has 2 aliphatic heterocycles. The highest BCUT2D eigenvalue weighted by Gasteiger charge is 2.42. The fraction of sp³-hybridized carbons (Fsp3) is 0.500. The van der Waals surface area contributed by atoms with Crippen molar-refractivity contribution in [1.29, 1.82) is 0 Å². The van der Waals surface area contributed by atoms with Crippen LogP contribution >= 0.6 is 0 Å². The summed E-state index contributed by atoms with van der Waals surface area (Å²) in [6.45, 7) is 4.30. The van der Waals surface area contributed by atoms with Gasteiger partial charge < -0.3 is 14.8 Å². The Balaban J connectivity index is 1.50. The maximum atomic E-state index is 13.4. The molecular formula is C22H26F2N4O2. The number of imidazole rings is 1. The highest BCUT2D eigenvalue weighted by molar-refractivity contribution is 6.35. The second-order valence-electron chi connectivity index (χ2n) is 8.50. The Morgan fingerprint density at radius 3 is 2.47 bits per heavy atom. The number of aromatic nitrogens is 2. The number of aryl methyl sites for hydroxylation is 1. The van der Waals surface area contributed by atoms with E-state index in [1.165, 1.54) is 9.80 Å². The fourth-order valence-corrected chi connectivity index (χ4v) is 4.20. The number of rotatable bonds is 2. The van der Waals surface area contributed by atoms with Crippen molar-refractivity contribution in [3.63, 3.8) is 0 Å². The first-order chi connectivity index (χ1) is 14.2. The molecule has 1 aromatic heterocycles. The van der Waals surface area contributed by atoms with E-state index in [1.807, 2.05) is 38.1 Å². The van der Waals surface area contributed by atoms with E-state index in [4.69, 9.17) is 0 Å². The zero-order valence-electron chi connectivity index (χ0n) is 17.2.